The van der Waals surface area contributed by atoms with E-state index in [1.54, 1.807) is 6.92 Å². The molecule has 2 unspecified atom stereocenters. The number of benzene rings is 1. The summed E-state index contributed by atoms with van der Waals surface area (Å²) in [6, 6.07) is 1.32. The van der Waals surface area contributed by atoms with Crippen LogP contribution in [0.15, 0.2) is 12.1 Å². The quantitative estimate of drug-likeness (QED) is 0.667. The lowest BCUT2D eigenvalue weighted by Crippen LogP contribution is -2.38. The van der Waals surface area contributed by atoms with Crippen molar-refractivity contribution < 1.29 is 13.6 Å². The maximum absolute atomic E-state index is 13.5. The van der Waals surface area contributed by atoms with Crippen LogP contribution in [0.2, 0.25) is 5.02 Å². The Balaban J connectivity index is 2.88. The average molecular weight is 296 g/mol. The fourth-order valence-electron chi connectivity index (χ4n) is 1.26. The minimum absolute atomic E-state index is 0.0239. The number of hydrogen-bond donors (Lipinski definition) is 1. The Bertz CT molecular complexity index is 454. The first-order valence-electron chi connectivity index (χ1n) is 5.38. The van der Waals surface area contributed by atoms with Crippen LogP contribution < -0.4 is 5.32 Å². The van der Waals surface area contributed by atoms with E-state index in [-0.39, 0.29) is 22.5 Å². The van der Waals surface area contributed by atoms with Crippen LogP contribution in [0.25, 0.3) is 0 Å². The van der Waals surface area contributed by atoms with E-state index in [1.165, 1.54) is 0 Å². The highest BCUT2D eigenvalue weighted by molar-refractivity contribution is 6.30. The van der Waals surface area contributed by atoms with Gasteiger partial charge in [-0.1, -0.05) is 18.5 Å². The maximum atomic E-state index is 13.5. The van der Waals surface area contributed by atoms with Gasteiger partial charge in [-0.2, -0.15) is 0 Å². The molecule has 0 aliphatic heterocycles. The Morgan fingerprint density at radius 2 is 1.94 bits per heavy atom. The van der Waals surface area contributed by atoms with E-state index in [1.807, 2.05) is 6.92 Å². The minimum Gasteiger partial charge on any atom is -0.349 e. The number of alkyl halides is 1. The van der Waals surface area contributed by atoms with Crippen LogP contribution in [0.3, 0.4) is 0 Å². The number of amides is 1. The highest BCUT2D eigenvalue weighted by Gasteiger charge is 2.19. The Kier molecular flexibility index (Phi) is 5.35. The predicted molar refractivity (Wildman–Crippen MR) is 68.2 cm³/mol. The SMILES string of the molecule is CC(CCl)C(C)NC(=O)c1cc(F)c(Cl)cc1F. The molecule has 1 aromatic carbocycles. The summed E-state index contributed by atoms with van der Waals surface area (Å²) in [6.45, 7) is 3.59. The summed E-state index contributed by atoms with van der Waals surface area (Å²) in [6.07, 6.45) is 0. The first-order valence-corrected chi connectivity index (χ1v) is 6.29. The molecular formula is C12H13Cl2F2NO. The fraction of sp³-hybridized carbons (Fsp3) is 0.417. The van der Waals surface area contributed by atoms with E-state index in [0.717, 1.165) is 12.1 Å². The molecule has 0 heterocycles. The van der Waals surface area contributed by atoms with E-state index in [9.17, 15) is 13.6 Å². The third-order valence-electron chi connectivity index (χ3n) is 2.71. The average Bonchev–Trinajstić information content (AvgIpc) is 2.32. The van der Waals surface area contributed by atoms with E-state index in [0.29, 0.717) is 5.88 Å². The monoisotopic (exact) mass is 295 g/mol. The highest BCUT2D eigenvalue weighted by Crippen LogP contribution is 2.19. The normalized spacial score (nSPS) is 14.1. The summed E-state index contributed by atoms with van der Waals surface area (Å²) < 4.78 is 26.7. The zero-order chi connectivity index (χ0) is 13.9. The Hall–Kier alpha value is -0.870. The molecule has 1 N–H and O–H groups in total. The van der Waals surface area contributed by atoms with Gasteiger partial charge in [-0.3, -0.25) is 4.79 Å². The summed E-state index contributed by atoms with van der Waals surface area (Å²) in [5.41, 5.74) is -0.370. The van der Waals surface area contributed by atoms with Gasteiger partial charge < -0.3 is 5.32 Å². The molecule has 0 aliphatic rings. The van der Waals surface area contributed by atoms with Crippen molar-refractivity contribution in [2.45, 2.75) is 19.9 Å². The standard InChI is InChI=1S/C12H13Cl2F2NO/c1-6(5-13)7(2)17-12(18)8-3-11(16)9(14)4-10(8)15/h3-4,6-7H,5H2,1-2H3,(H,17,18). The predicted octanol–water partition coefficient (Wildman–Crippen LogP) is 3.61. The van der Waals surface area contributed by atoms with Crippen molar-refractivity contribution in [3.63, 3.8) is 0 Å². The largest absolute Gasteiger partial charge is 0.349 e. The van der Waals surface area contributed by atoms with Gasteiger partial charge in [0.05, 0.1) is 10.6 Å². The molecule has 0 radical (unpaired) electrons. The third kappa shape index (κ3) is 3.56. The van der Waals surface area contributed by atoms with Crippen molar-refractivity contribution in [1.29, 1.82) is 0 Å². The first-order chi connectivity index (χ1) is 8.36. The molecular weight excluding hydrogens is 283 g/mol. The molecule has 100 valence electrons. The number of rotatable bonds is 4. The number of nitrogens with one attached hydrogen (secondary N) is 1. The molecule has 0 spiro atoms. The van der Waals surface area contributed by atoms with E-state index in [2.05, 4.69) is 5.32 Å². The molecule has 0 saturated carbocycles. The van der Waals surface area contributed by atoms with Gasteiger partial charge in [-0.25, -0.2) is 8.78 Å². The second-order valence-electron chi connectivity index (χ2n) is 4.14. The summed E-state index contributed by atoms with van der Waals surface area (Å²) in [7, 11) is 0. The lowest BCUT2D eigenvalue weighted by Gasteiger charge is -2.19. The first kappa shape index (κ1) is 15.2. The van der Waals surface area contributed by atoms with Crippen molar-refractivity contribution in [1.82, 2.24) is 5.32 Å². The van der Waals surface area contributed by atoms with Crippen LogP contribution in [-0.4, -0.2) is 17.8 Å². The molecule has 0 bridgehead atoms. The number of halogens is 4. The smallest absolute Gasteiger partial charge is 0.254 e. The lowest BCUT2D eigenvalue weighted by molar-refractivity contribution is 0.0926. The molecule has 0 saturated heterocycles. The molecule has 1 rings (SSSR count). The van der Waals surface area contributed by atoms with Crippen LogP contribution in [0.5, 0.6) is 0 Å². The number of carbonyl (C=O) groups is 1. The highest BCUT2D eigenvalue weighted by atomic mass is 35.5. The second kappa shape index (κ2) is 6.34. The number of hydrogen-bond acceptors (Lipinski definition) is 1. The summed E-state index contributed by atoms with van der Waals surface area (Å²) >= 11 is 11.1. The van der Waals surface area contributed by atoms with Gasteiger partial charge in [0.25, 0.3) is 5.91 Å². The van der Waals surface area contributed by atoms with Gasteiger partial charge in [-0.05, 0) is 25.0 Å². The Morgan fingerprint density at radius 1 is 1.33 bits per heavy atom. The van der Waals surface area contributed by atoms with Crippen molar-refractivity contribution in [3.8, 4) is 0 Å². The number of carbonyl (C=O) groups excluding carboxylic acids is 1. The molecule has 18 heavy (non-hydrogen) atoms. The molecule has 2 nitrogen and oxygen atoms in total. The van der Waals surface area contributed by atoms with Gasteiger partial charge in [0, 0.05) is 11.9 Å². The van der Waals surface area contributed by atoms with Crippen molar-refractivity contribution in [2.24, 2.45) is 5.92 Å². The minimum atomic E-state index is -0.857. The maximum Gasteiger partial charge on any atom is 0.254 e. The Morgan fingerprint density at radius 3 is 2.50 bits per heavy atom. The van der Waals surface area contributed by atoms with Crippen LogP contribution in [-0.2, 0) is 0 Å². The van der Waals surface area contributed by atoms with Crippen LogP contribution in [0.1, 0.15) is 24.2 Å². The zero-order valence-electron chi connectivity index (χ0n) is 9.94. The van der Waals surface area contributed by atoms with Crippen molar-refractivity contribution in [3.05, 3.63) is 34.4 Å². The summed E-state index contributed by atoms with van der Waals surface area (Å²) in [5, 5.41) is 2.21. The van der Waals surface area contributed by atoms with Crippen LogP contribution >= 0.6 is 23.2 Å². The fourth-order valence-corrected chi connectivity index (χ4v) is 1.67. The zero-order valence-corrected chi connectivity index (χ0v) is 11.4. The third-order valence-corrected chi connectivity index (χ3v) is 3.49. The Labute approximate surface area is 114 Å². The van der Waals surface area contributed by atoms with Crippen molar-refractivity contribution >= 4 is 29.1 Å². The molecule has 1 aromatic rings. The van der Waals surface area contributed by atoms with Gasteiger partial charge in [0.2, 0.25) is 0 Å². The summed E-state index contributed by atoms with van der Waals surface area (Å²) in [5.74, 6) is -1.99. The van der Waals surface area contributed by atoms with Crippen LogP contribution in [0, 0.1) is 17.6 Å². The second-order valence-corrected chi connectivity index (χ2v) is 4.86. The van der Waals surface area contributed by atoms with Gasteiger partial charge in [0.1, 0.15) is 11.6 Å². The van der Waals surface area contributed by atoms with E-state index >= 15 is 0 Å². The van der Waals surface area contributed by atoms with Crippen LogP contribution in [0.4, 0.5) is 8.78 Å². The van der Waals surface area contributed by atoms with E-state index < -0.39 is 17.5 Å². The van der Waals surface area contributed by atoms with Crippen molar-refractivity contribution in [2.75, 3.05) is 5.88 Å². The van der Waals surface area contributed by atoms with Gasteiger partial charge in [0.15, 0.2) is 0 Å². The van der Waals surface area contributed by atoms with Gasteiger partial charge >= 0.3 is 0 Å². The molecule has 0 aliphatic carbocycles. The molecule has 2 atom stereocenters. The van der Waals surface area contributed by atoms with E-state index in [4.69, 9.17) is 23.2 Å². The molecule has 0 aromatic heterocycles. The molecule has 1 amide bonds. The molecule has 0 fully saturated rings. The lowest BCUT2D eigenvalue weighted by atomic mass is 10.1. The molecule has 6 heteroatoms. The summed E-state index contributed by atoms with van der Waals surface area (Å²) in [4.78, 5) is 11.8. The topological polar surface area (TPSA) is 29.1 Å². The van der Waals surface area contributed by atoms with Gasteiger partial charge in [-0.15, -0.1) is 11.6 Å².